The zero-order valence-electron chi connectivity index (χ0n) is 12.0. The molecule has 1 fully saturated rings. The van der Waals surface area contributed by atoms with Gasteiger partial charge >= 0.3 is 5.97 Å². The minimum Gasteiger partial charge on any atom is -0.462 e. The van der Waals surface area contributed by atoms with Gasteiger partial charge in [0.15, 0.2) is 0 Å². The summed E-state index contributed by atoms with van der Waals surface area (Å²) in [6.07, 6.45) is 4.24. The van der Waals surface area contributed by atoms with Crippen LogP contribution in [0.3, 0.4) is 0 Å². The Bertz CT molecular complexity index is 245. The van der Waals surface area contributed by atoms with Gasteiger partial charge in [-0.3, -0.25) is 4.79 Å². The lowest BCUT2D eigenvalue weighted by molar-refractivity contribution is -0.156. The first-order valence-corrected chi connectivity index (χ1v) is 7.09. The van der Waals surface area contributed by atoms with E-state index in [1.165, 1.54) is 12.8 Å². The van der Waals surface area contributed by atoms with E-state index in [0.29, 0.717) is 30.1 Å². The van der Waals surface area contributed by atoms with Crippen LogP contribution in [0.4, 0.5) is 0 Å². The third-order valence-corrected chi connectivity index (χ3v) is 3.82. The maximum atomic E-state index is 11.8. The number of ether oxygens (including phenoxy) is 1. The van der Waals surface area contributed by atoms with Gasteiger partial charge in [-0.05, 0) is 36.5 Å². The molecule has 2 heteroatoms. The Morgan fingerprint density at radius 2 is 1.88 bits per heavy atom. The van der Waals surface area contributed by atoms with Crippen molar-refractivity contribution in [3.05, 3.63) is 0 Å². The SMILES string of the molecule is CC(C)CC(=O)O[C@@H]1C[C@@H](C)CC[C@@H]1C(C)C. The van der Waals surface area contributed by atoms with Crippen LogP contribution in [0.2, 0.25) is 0 Å². The lowest BCUT2D eigenvalue weighted by atomic mass is 9.75. The van der Waals surface area contributed by atoms with Gasteiger partial charge in [-0.1, -0.05) is 41.0 Å². The fourth-order valence-electron chi connectivity index (χ4n) is 2.80. The highest BCUT2D eigenvalue weighted by molar-refractivity contribution is 5.69. The number of hydrogen-bond donors (Lipinski definition) is 0. The number of hydrogen-bond acceptors (Lipinski definition) is 2. The van der Waals surface area contributed by atoms with E-state index in [-0.39, 0.29) is 12.1 Å². The van der Waals surface area contributed by atoms with E-state index in [4.69, 9.17) is 4.74 Å². The molecular formula is C15H28O2. The van der Waals surface area contributed by atoms with Crippen LogP contribution < -0.4 is 0 Å². The molecule has 2 nitrogen and oxygen atoms in total. The minimum absolute atomic E-state index is 0.00949. The molecule has 0 aromatic heterocycles. The fourth-order valence-corrected chi connectivity index (χ4v) is 2.80. The molecule has 0 radical (unpaired) electrons. The summed E-state index contributed by atoms with van der Waals surface area (Å²) in [5.41, 5.74) is 0. The molecule has 1 saturated carbocycles. The van der Waals surface area contributed by atoms with Gasteiger partial charge in [0, 0.05) is 6.42 Å². The van der Waals surface area contributed by atoms with E-state index in [1.54, 1.807) is 0 Å². The number of carbonyl (C=O) groups excluding carboxylic acids is 1. The van der Waals surface area contributed by atoms with Crippen molar-refractivity contribution in [1.29, 1.82) is 0 Å². The summed E-state index contributed by atoms with van der Waals surface area (Å²) in [7, 11) is 0. The van der Waals surface area contributed by atoms with Crippen molar-refractivity contribution in [2.24, 2.45) is 23.7 Å². The van der Waals surface area contributed by atoms with Crippen molar-refractivity contribution in [2.45, 2.75) is 66.4 Å². The van der Waals surface area contributed by atoms with Crippen LogP contribution in [-0.4, -0.2) is 12.1 Å². The van der Waals surface area contributed by atoms with Gasteiger partial charge in [0.2, 0.25) is 0 Å². The van der Waals surface area contributed by atoms with Crippen molar-refractivity contribution < 1.29 is 9.53 Å². The molecule has 0 saturated heterocycles. The second-order valence-corrected chi connectivity index (χ2v) is 6.45. The van der Waals surface area contributed by atoms with Crippen LogP contribution in [0, 0.1) is 23.7 Å². The van der Waals surface area contributed by atoms with E-state index in [0.717, 1.165) is 6.42 Å². The quantitative estimate of drug-likeness (QED) is 0.693. The monoisotopic (exact) mass is 240 g/mol. The van der Waals surface area contributed by atoms with E-state index < -0.39 is 0 Å². The van der Waals surface area contributed by atoms with Crippen LogP contribution >= 0.6 is 0 Å². The third-order valence-electron chi connectivity index (χ3n) is 3.82. The Kier molecular flexibility index (Phi) is 5.48. The molecule has 0 bridgehead atoms. The summed E-state index contributed by atoms with van der Waals surface area (Å²) in [6, 6.07) is 0. The van der Waals surface area contributed by atoms with Gasteiger partial charge in [-0.2, -0.15) is 0 Å². The molecule has 0 aromatic rings. The molecule has 0 spiro atoms. The normalized spacial score (nSPS) is 29.7. The van der Waals surface area contributed by atoms with Crippen molar-refractivity contribution in [2.75, 3.05) is 0 Å². The average molecular weight is 240 g/mol. The predicted octanol–water partition coefficient (Wildman–Crippen LogP) is 4.04. The van der Waals surface area contributed by atoms with E-state index in [2.05, 4.69) is 34.6 Å². The fraction of sp³-hybridized carbons (Fsp3) is 0.933. The molecule has 0 unspecified atom stereocenters. The minimum atomic E-state index is -0.00949. The van der Waals surface area contributed by atoms with E-state index >= 15 is 0 Å². The second kappa shape index (κ2) is 6.42. The van der Waals surface area contributed by atoms with Crippen LogP contribution in [-0.2, 0) is 9.53 Å². The average Bonchev–Trinajstić information content (AvgIpc) is 2.15. The Labute approximate surface area is 106 Å². The molecule has 1 aliphatic carbocycles. The molecule has 0 aliphatic heterocycles. The highest BCUT2D eigenvalue weighted by Crippen LogP contribution is 2.35. The predicted molar refractivity (Wildman–Crippen MR) is 70.7 cm³/mol. The molecule has 100 valence electrons. The van der Waals surface area contributed by atoms with E-state index in [9.17, 15) is 4.79 Å². The van der Waals surface area contributed by atoms with Gasteiger partial charge in [-0.25, -0.2) is 0 Å². The summed E-state index contributed by atoms with van der Waals surface area (Å²) >= 11 is 0. The highest BCUT2D eigenvalue weighted by atomic mass is 16.5. The van der Waals surface area contributed by atoms with Gasteiger partial charge in [0.1, 0.15) is 6.10 Å². The van der Waals surface area contributed by atoms with Crippen molar-refractivity contribution in [1.82, 2.24) is 0 Å². The first-order chi connectivity index (χ1) is 7.90. The summed E-state index contributed by atoms with van der Waals surface area (Å²) in [5, 5.41) is 0. The maximum absolute atomic E-state index is 11.8. The summed E-state index contributed by atoms with van der Waals surface area (Å²) < 4.78 is 5.71. The van der Waals surface area contributed by atoms with E-state index in [1.807, 2.05) is 0 Å². The number of rotatable bonds is 4. The van der Waals surface area contributed by atoms with Crippen LogP contribution in [0.15, 0.2) is 0 Å². The Morgan fingerprint density at radius 1 is 1.24 bits per heavy atom. The first-order valence-electron chi connectivity index (χ1n) is 7.09. The van der Waals surface area contributed by atoms with Crippen molar-refractivity contribution in [3.8, 4) is 0 Å². The van der Waals surface area contributed by atoms with Gasteiger partial charge in [0.05, 0.1) is 0 Å². The Balaban J connectivity index is 2.54. The van der Waals surface area contributed by atoms with Crippen LogP contribution in [0.5, 0.6) is 0 Å². The molecule has 0 N–H and O–H groups in total. The molecular weight excluding hydrogens is 212 g/mol. The Morgan fingerprint density at radius 3 is 2.41 bits per heavy atom. The van der Waals surface area contributed by atoms with Crippen molar-refractivity contribution >= 4 is 5.97 Å². The number of esters is 1. The molecule has 0 amide bonds. The van der Waals surface area contributed by atoms with Gasteiger partial charge in [-0.15, -0.1) is 0 Å². The standard InChI is InChI=1S/C15H28O2/c1-10(2)8-15(16)17-14-9-12(5)6-7-13(14)11(3)4/h10-14H,6-9H2,1-5H3/t12-,13+,14+/m0/s1. The Hall–Kier alpha value is -0.530. The summed E-state index contributed by atoms with van der Waals surface area (Å²) in [5.74, 6) is 2.24. The molecule has 0 heterocycles. The zero-order valence-corrected chi connectivity index (χ0v) is 12.0. The third kappa shape index (κ3) is 4.69. The molecule has 1 rings (SSSR count). The largest absolute Gasteiger partial charge is 0.462 e. The van der Waals surface area contributed by atoms with Gasteiger partial charge < -0.3 is 4.74 Å². The molecule has 0 aromatic carbocycles. The zero-order chi connectivity index (χ0) is 13.0. The van der Waals surface area contributed by atoms with Crippen molar-refractivity contribution in [3.63, 3.8) is 0 Å². The lowest BCUT2D eigenvalue weighted by Crippen LogP contribution is -2.36. The molecule has 17 heavy (non-hydrogen) atoms. The van der Waals surface area contributed by atoms with Crippen LogP contribution in [0.25, 0.3) is 0 Å². The molecule has 3 atom stereocenters. The van der Waals surface area contributed by atoms with Gasteiger partial charge in [0.25, 0.3) is 0 Å². The maximum Gasteiger partial charge on any atom is 0.306 e. The lowest BCUT2D eigenvalue weighted by Gasteiger charge is -2.36. The second-order valence-electron chi connectivity index (χ2n) is 6.45. The smallest absolute Gasteiger partial charge is 0.306 e. The molecule has 1 aliphatic rings. The van der Waals surface area contributed by atoms with Crippen LogP contribution in [0.1, 0.15) is 60.3 Å². The highest BCUT2D eigenvalue weighted by Gasteiger charge is 2.33. The number of carbonyl (C=O) groups is 1. The topological polar surface area (TPSA) is 26.3 Å². The summed E-state index contributed by atoms with van der Waals surface area (Å²) in [4.78, 5) is 11.8. The summed E-state index contributed by atoms with van der Waals surface area (Å²) in [6.45, 7) is 10.9. The first kappa shape index (κ1) is 14.5.